The average molecular weight is 292 g/mol. The summed E-state index contributed by atoms with van der Waals surface area (Å²) in [6.07, 6.45) is 7.94. The molecule has 0 aliphatic heterocycles. The second kappa shape index (κ2) is 11.2. The average Bonchev–Trinajstić information content (AvgIpc) is 2.51. The highest BCUT2D eigenvalue weighted by Gasteiger charge is 2.06. The van der Waals surface area contributed by atoms with Crippen LogP contribution in [0.25, 0.3) is 0 Å². The molecular formula is C18H28O3. The van der Waals surface area contributed by atoms with Gasteiger partial charge in [-0.3, -0.25) is 0 Å². The molecule has 1 rings (SSSR count). The summed E-state index contributed by atoms with van der Waals surface area (Å²) in [5, 5.41) is 0. The molecule has 0 atom stereocenters. The van der Waals surface area contributed by atoms with E-state index >= 15 is 0 Å². The van der Waals surface area contributed by atoms with Gasteiger partial charge in [0.1, 0.15) is 5.75 Å². The maximum atomic E-state index is 11.8. The van der Waals surface area contributed by atoms with Crippen LogP contribution < -0.4 is 4.74 Å². The van der Waals surface area contributed by atoms with Gasteiger partial charge < -0.3 is 9.47 Å². The molecule has 118 valence electrons. The summed E-state index contributed by atoms with van der Waals surface area (Å²) in [6.45, 7) is 5.55. The number of rotatable bonds is 11. The predicted octanol–water partition coefficient (Wildman–Crippen LogP) is 4.99. The first-order valence-electron chi connectivity index (χ1n) is 8.18. The zero-order valence-electron chi connectivity index (χ0n) is 13.4. The van der Waals surface area contributed by atoms with Gasteiger partial charge in [0, 0.05) is 0 Å². The molecular weight excluding hydrogens is 264 g/mol. The van der Waals surface area contributed by atoms with E-state index in [1.54, 1.807) is 12.1 Å². The van der Waals surface area contributed by atoms with Crippen LogP contribution in [0.4, 0.5) is 0 Å². The number of ether oxygens (including phenoxy) is 2. The number of benzene rings is 1. The number of carbonyl (C=O) groups is 1. The number of carbonyl (C=O) groups excluding carboxylic acids is 1. The van der Waals surface area contributed by atoms with Gasteiger partial charge in [0.05, 0.1) is 18.8 Å². The van der Waals surface area contributed by atoms with Gasteiger partial charge >= 0.3 is 5.97 Å². The first-order chi connectivity index (χ1) is 10.3. The third-order valence-electron chi connectivity index (χ3n) is 3.34. The van der Waals surface area contributed by atoms with Crippen molar-refractivity contribution in [3.8, 4) is 5.75 Å². The van der Waals surface area contributed by atoms with Crippen molar-refractivity contribution in [3.05, 3.63) is 29.8 Å². The van der Waals surface area contributed by atoms with E-state index < -0.39 is 0 Å². The Hall–Kier alpha value is -1.51. The van der Waals surface area contributed by atoms with Gasteiger partial charge in [0.2, 0.25) is 0 Å². The van der Waals surface area contributed by atoms with E-state index in [-0.39, 0.29) is 5.97 Å². The van der Waals surface area contributed by atoms with Crippen LogP contribution in [0, 0.1) is 0 Å². The molecule has 1 aromatic rings. The number of hydrogen-bond donors (Lipinski definition) is 0. The second-order valence-corrected chi connectivity index (χ2v) is 5.28. The minimum atomic E-state index is -0.245. The van der Waals surface area contributed by atoms with Crippen LogP contribution in [0.3, 0.4) is 0 Å². The molecule has 0 aliphatic carbocycles. The molecule has 3 nitrogen and oxygen atoms in total. The smallest absolute Gasteiger partial charge is 0.338 e. The van der Waals surface area contributed by atoms with Crippen molar-refractivity contribution in [2.24, 2.45) is 0 Å². The van der Waals surface area contributed by atoms with Crippen molar-refractivity contribution in [1.29, 1.82) is 0 Å². The quantitative estimate of drug-likeness (QED) is 0.425. The molecule has 0 unspecified atom stereocenters. The monoisotopic (exact) mass is 292 g/mol. The van der Waals surface area contributed by atoms with E-state index in [0.717, 1.165) is 38.0 Å². The molecule has 0 aliphatic rings. The first-order valence-corrected chi connectivity index (χ1v) is 8.18. The van der Waals surface area contributed by atoms with Crippen LogP contribution in [0.2, 0.25) is 0 Å². The molecule has 0 amide bonds. The van der Waals surface area contributed by atoms with E-state index in [9.17, 15) is 4.79 Å². The lowest BCUT2D eigenvalue weighted by molar-refractivity contribution is 0.0497. The highest BCUT2D eigenvalue weighted by atomic mass is 16.5. The summed E-state index contributed by atoms with van der Waals surface area (Å²) < 4.78 is 10.8. The number of hydrogen-bond acceptors (Lipinski definition) is 3. The fourth-order valence-corrected chi connectivity index (χ4v) is 1.98. The lowest BCUT2D eigenvalue weighted by Gasteiger charge is -2.07. The van der Waals surface area contributed by atoms with Crippen LogP contribution in [0.15, 0.2) is 24.3 Å². The molecule has 21 heavy (non-hydrogen) atoms. The van der Waals surface area contributed by atoms with Gasteiger partial charge in [0.15, 0.2) is 0 Å². The Morgan fingerprint density at radius 2 is 1.52 bits per heavy atom. The Labute approximate surface area is 128 Å². The van der Waals surface area contributed by atoms with Gasteiger partial charge in [-0.2, -0.15) is 0 Å². The molecule has 0 bridgehead atoms. The van der Waals surface area contributed by atoms with E-state index in [1.165, 1.54) is 19.3 Å². The first kappa shape index (κ1) is 17.5. The Balaban J connectivity index is 2.24. The molecule has 0 aromatic heterocycles. The minimum Gasteiger partial charge on any atom is -0.494 e. The minimum absolute atomic E-state index is 0.245. The van der Waals surface area contributed by atoms with Gasteiger partial charge in [-0.15, -0.1) is 0 Å². The standard InChI is InChI=1S/C18H28O3/c1-3-5-7-8-9-15-21-18(19)16-10-12-17(13-11-16)20-14-6-4-2/h10-13H,3-9,14-15H2,1-2H3. The SMILES string of the molecule is CCCCCCCOC(=O)c1ccc(OCCCC)cc1. The zero-order valence-corrected chi connectivity index (χ0v) is 13.4. The Bertz CT molecular complexity index is 384. The maximum absolute atomic E-state index is 11.8. The van der Waals surface area contributed by atoms with Crippen LogP contribution in [-0.4, -0.2) is 19.2 Å². The topological polar surface area (TPSA) is 35.5 Å². The number of esters is 1. The van der Waals surface area contributed by atoms with Gasteiger partial charge in [-0.05, 0) is 37.1 Å². The van der Waals surface area contributed by atoms with Crippen molar-refractivity contribution >= 4 is 5.97 Å². The fourth-order valence-electron chi connectivity index (χ4n) is 1.98. The third kappa shape index (κ3) is 7.74. The predicted molar refractivity (Wildman–Crippen MR) is 85.9 cm³/mol. The van der Waals surface area contributed by atoms with Gasteiger partial charge in [-0.25, -0.2) is 4.79 Å². The molecule has 0 saturated carbocycles. The zero-order chi connectivity index (χ0) is 15.3. The molecule has 0 N–H and O–H groups in total. The number of unbranched alkanes of at least 4 members (excludes halogenated alkanes) is 5. The van der Waals surface area contributed by atoms with Crippen molar-refractivity contribution in [1.82, 2.24) is 0 Å². The van der Waals surface area contributed by atoms with Crippen molar-refractivity contribution in [3.63, 3.8) is 0 Å². The van der Waals surface area contributed by atoms with Crippen molar-refractivity contribution in [2.75, 3.05) is 13.2 Å². The second-order valence-electron chi connectivity index (χ2n) is 5.28. The van der Waals surface area contributed by atoms with Crippen LogP contribution >= 0.6 is 0 Å². The van der Waals surface area contributed by atoms with Crippen LogP contribution in [0.1, 0.15) is 69.2 Å². The van der Waals surface area contributed by atoms with Crippen LogP contribution in [0.5, 0.6) is 5.75 Å². The normalized spacial score (nSPS) is 10.4. The Kier molecular flexibility index (Phi) is 9.34. The molecule has 0 fully saturated rings. The largest absolute Gasteiger partial charge is 0.494 e. The van der Waals surface area contributed by atoms with Crippen LogP contribution in [-0.2, 0) is 4.74 Å². The van der Waals surface area contributed by atoms with Crippen molar-refractivity contribution in [2.45, 2.75) is 58.8 Å². The highest BCUT2D eigenvalue weighted by Crippen LogP contribution is 2.13. The third-order valence-corrected chi connectivity index (χ3v) is 3.34. The molecule has 0 saturated heterocycles. The summed E-state index contributed by atoms with van der Waals surface area (Å²) in [5.74, 6) is 0.560. The van der Waals surface area contributed by atoms with E-state index in [1.807, 2.05) is 12.1 Å². The Morgan fingerprint density at radius 3 is 2.19 bits per heavy atom. The van der Waals surface area contributed by atoms with Gasteiger partial charge in [0.25, 0.3) is 0 Å². The highest BCUT2D eigenvalue weighted by molar-refractivity contribution is 5.89. The lowest BCUT2D eigenvalue weighted by Crippen LogP contribution is -2.06. The Morgan fingerprint density at radius 1 is 0.857 bits per heavy atom. The van der Waals surface area contributed by atoms with E-state index in [4.69, 9.17) is 9.47 Å². The molecule has 0 heterocycles. The van der Waals surface area contributed by atoms with Gasteiger partial charge in [-0.1, -0.05) is 46.0 Å². The van der Waals surface area contributed by atoms with E-state index in [2.05, 4.69) is 13.8 Å². The van der Waals surface area contributed by atoms with E-state index in [0.29, 0.717) is 12.2 Å². The summed E-state index contributed by atoms with van der Waals surface area (Å²) in [4.78, 5) is 11.8. The molecule has 1 aromatic carbocycles. The summed E-state index contributed by atoms with van der Waals surface area (Å²) in [7, 11) is 0. The summed E-state index contributed by atoms with van der Waals surface area (Å²) in [5.41, 5.74) is 0.589. The molecule has 0 spiro atoms. The fraction of sp³-hybridized carbons (Fsp3) is 0.611. The summed E-state index contributed by atoms with van der Waals surface area (Å²) in [6, 6.07) is 7.18. The maximum Gasteiger partial charge on any atom is 0.338 e. The summed E-state index contributed by atoms with van der Waals surface area (Å²) >= 11 is 0. The lowest BCUT2D eigenvalue weighted by atomic mass is 10.2. The molecule has 0 radical (unpaired) electrons. The van der Waals surface area contributed by atoms with Crippen molar-refractivity contribution < 1.29 is 14.3 Å². The molecule has 3 heteroatoms.